The van der Waals surface area contributed by atoms with Crippen molar-refractivity contribution in [3.8, 4) is 0 Å². The monoisotopic (exact) mass is 596 g/mol. The molecular formula is C30H47F3N4O3Si. The number of alkyl halides is 3. The molecule has 7 nitrogen and oxygen atoms in total. The van der Waals surface area contributed by atoms with Crippen LogP contribution in [0.1, 0.15) is 103 Å². The van der Waals surface area contributed by atoms with Crippen LogP contribution in [0.2, 0.25) is 18.1 Å². The van der Waals surface area contributed by atoms with Crippen LogP contribution in [0.4, 0.5) is 19.1 Å². The Morgan fingerprint density at radius 2 is 1.73 bits per heavy atom. The third kappa shape index (κ3) is 7.83. The zero-order valence-electron chi connectivity index (χ0n) is 25.4. The number of rotatable bonds is 9. The molecule has 0 radical (unpaired) electrons. The first kappa shape index (κ1) is 31.8. The minimum atomic E-state index is -4.24. The molecule has 2 aliphatic rings. The first-order chi connectivity index (χ1) is 19.2. The van der Waals surface area contributed by atoms with Crippen LogP contribution in [0.5, 0.6) is 0 Å². The topological polar surface area (TPSA) is 78.3 Å². The lowest BCUT2D eigenvalue weighted by atomic mass is 9.79. The number of anilines is 1. The van der Waals surface area contributed by atoms with E-state index in [-0.39, 0.29) is 47.5 Å². The molecule has 0 saturated heterocycles. The van der Waals surface area contributed by atoms with E-state index in [9.17, 15) is 18.0 Å². The van der Waals surface area contributed by atoms with Gasteiger partial charge in [0.1, 0.15) is 5.65 Å². The first-order valence-electron chi connectivity index (χ1n) is 15.2. The van der Waals surface area contributed by atoms with Crippen LogP contribution in [-0.2, 0) is 14.0 Å². The zero-order valence-corrected chi connectivity index (χ0v) is 26.4. The maximum Gasteiger partial charge on any atom is 0.390 e. The molecule has 2 aromatic heterocycles. The van der Waals surface area contributed by atoms with Gasteiger partial charge in [-0.1, -0.05) is 20.8 Å². The number of fused-ring (bicyclic) bond motifs is 1. The number of esters is 1. The molecule has 0 bridgehead atoms. The molecule has 41 heavy (non-hydrogen) atoms. The van der Waals surface area contributed by atoms with Crippen molar-refractivity contribution in [2.45, 2.75) is 128 Å². The Balaban J connectivity index is 1.54. The summed E-state index contributed by atoms with van der Waals surface area (Å²) in [5, 5.41) is 3.88. The van der Waals surface area contributed by atoms with Gasteiger partial charge >= 0.3 is 12.1 Å². The van der Waals surface area contributed by atoms with Crippen LogP contribution in [0.3, 0.4) is 0 Å². The fourth-order valence-corrected chi connectivity index (χ4v) is 7.42. The SMILES string of the molecule is CCOC(=O)C1CCC(c2cn(C3CCC(O[Si](C)(C)C(C)(C)C)CC3)c3nc(NCCC(F)(F)F)ncc23)CC1. The number of carbonyl (C=O) groups is 1. The van der Waals surface area contributed by atoms with Crippen molar-refractivity contribution < 1.29 is 27.1 Å². The number of ether oxygens (including phenoxy) is 1. The second-order valence-corrected chi connectivity index (χ2v) is 18.1. The Morgan fingerprint density at radius 1 is 1.07 bits per heavy atom. The van der Waals surface area contributed by atoms with Crippen molar-refractivity contribution in [3.63, 3.8) is 0 Å². The van der Waals surface area contributed by atoms with Gasteiger partial charge in [-0.2, -0.15) is 18.2 Å². The second-order valence-electron chi connectivity index (χ2n) is 13.3. The zero-order chi connectivity index (χ0) is 30.0. The quantitative estimate of drug-likeness (QED) is 0.233. The van der Waals surface area contributed by atoms with Gasteiger partial charge in [0.25, 0.3) is 0 Å². The van der Waals surface area contributed by atoms with Crippen molar-refractivity contribution in [2.75, 3.05) is 18.5 Å². The predicted octanol–water partition coefficient (Wildman–Crippen LogP) is 8.14. The Labute approximate surface area is 243 Å². The normalized spacial score (nSPS) is 24.4. The maximum atomic E-state index is 12.7. The van der Waals surface area contributed by atoms with Crippen LogP contribution in [0.25, 0.3) is 11.0 Å². The van der Waals surface area contributed by atoms with Gasteiger partial charge in [0.05, 0.1) is 18.9 Å². The lowest BCUT2D eigenvalue weighted by Gasteiger charge is -2.41. The third-order valence-electron chi connectivity index (χ3n) is 9.39. The summed E-state index contributed by atoms with van der Waals surface area (Å²) >= 11 is 0. The minimum absolute atomic E-state index is 0.0589. The number of hydrogen-bond donors (Lipinski definition) is 1. The minimum Gasteiger partial charge on any atom is -0.466 e. The van der Waals surface area contributed by atoms with Gasteiger partial charge in [0.15, 0.2) is 8.32 Å². The molecule has 0 spiro atoms. The number of aromatic nitrogens is 3. The van der Waals surface area contributed by atoms with E-state index in [2.05, 4.69) is 54.9 Å². The van der Waals surface area contributed by atoms with E-state index < -0.39 is 20.9 Å². The van der Waals surface area contributed by atoms with Crippen LogP contribution in [-0.4, -0.2) is 54.3 Å². The molecule has 0 aliphatic heterocycles. The van der Waals surface area contributed by atoms with Crippen LogP contribution in [0.15, 0.2) is 12.4 Å². The van der Waals surface area contributed by atoms with Crippen molar-refractivity contribution >= 4 is 31.3 Å². The lowest BCUT2D eigenvalue weighted by molar-refractivity contribution is -0.149. The molecule has 2 heterocycles. The van der Waals surface area contributed by atoms with E-state index in [1.807, 2.05) is 6.92 Å². The molecular weight excluding hydrogens is 549 g/mol. The van der Waals surface area contributed by atoms with E-state index in [1.54, 1.807) is 6.20 Å². The largest absolute Gasteiger partial charge is 0.466 e. The number of nitrogens with one attached hydrogen (secondary N) is 1. The molecule has 0 unspecified atom stereocenters. The van der Waals surface area contributed by atoms with Crippen LogP contribution >= 0.6 is 0 Å². The molecule has 2 fully saturated rings. The van der Waals surface area contributed by atoms with Gasteiger partial charge in [-0.15, -0.1) is 0 Å². The number of carbonyl (C=O) groups excluding carboxylic acids is 1. The number of nitrogens with zero attached hydrogens (tertiary/aromatic N) is 3. The van der Waals surface area contributed by atoms with Gasteiger partial charge in [-0.3, -0.25) is 4.79 Å². The van der Waals surface area contributed by atoms with Gasteiger partial charge in [-0.25, -0.2) is 4.98 Å². The summed E-state index contributed by atoms with van der Waals surface area (Å²) in [6.07, 6.45) is 6.20. The summed E-state index contributed by atoms with van der Waals surface area (Å²) in [5.41, 5.74) is 1.94. The molecule has 1 N–H and O–H groups in total. The fourth-order valence-electron chi connectivity index (χ4n) is 5.99. The second kappa shape index (κ2) is 12.6. The Morgan fingerprint density at radius 3 is 2.32 bits per heavy atom. The third-order valence-corrected chi connectivity index (χ3v) is 13.9. The molecule has 230 valence electrons. The molecule has 0 aromatic carbocycles. The highest BCUT2D eigenvalue weighted by atomic mass is 28.4. The molecule has 2 aliphatic carbocycles. The molecule has 2 saturated carbocycles. The van der Waals surface area contributed by atoms with E-state index in [1.165, 1.54) is 5.56 Å². The summed E-state index contributed by atoms with van der Waals surface area (Å²) in [6.45, 7) is 13.3. The molecule has 2 aromatic rings. The van der Waals surface area contributed by atoms with Gasteiger partial charge < -0.3 is 19.0 Å². The smallest absolute Gasteiger partial charge is 0.390 e. The van der Waals surface area contributed by atoms with Crippen molar-refractivity contribution in [3.05, 3.63) is 18.0 Å². The molecule has 0 amide bonds. The van der Waals surface area contributed by atoms with E-state index >= 15 is 0 Å². The molecule has 0 atom stereocenters. The van der Waals surface area contributed by atoms with Crippen LogP contribution in [0, 0.1) is 5.92 Å². The van der Waals surface area contributed by atoms with E-state index in [0.29, 0.717) is 6.61 Å². The van der Waals surface area contributed by atoms with E-state index in [4.69, 9.17) is 14.1 Å². The summed E-state index contributed by atoms with van der Waals surface area (Å²) in [5.74, 6) is 0.323. The molecule has 11 heteroatoms. The van der Waals surface area contributed by atoms with Crippen LogP contribution < -0.4 is 5.32 Å². The number of halogens is 3. The van der Waals surface area contributed by atoms with Crippen molar-refractivity contribution in [1.82, 2.24) is 14.5 Å². The Kier molecular flexibility index (Phi) is 9.78. The summed E-state index contributed by atoms with van der Waals surface area (Å²) in [7, 11) is -1.86. The predicted molar refractivity (Wildman–Crippen MR) is 158 cm³/mol. The van der Waals surface area contributed by atoms with Gasteiger partial charge in [-0.05, 0) is 87.9 Å². The summed E-state index contributed by atoms with van der Waals surface area (Å²) in [6, 6.07) is 0.235. The average molecular weight is 597 g/mol. The fraction of sp³-hybridized carbons (Fsp3) is 0.767. The summed E-state index contributed by atoms with van der Waals surface area (Å²) < 4.78 is 52.4. The highest BCUT2D eigenvalue weighted by Gasteiger charge is 2.40. The maximum absolute atomic E-state index is 12.7. The lowest BCUT2D eigenvalue weighted by Crippen LogP contribution is -2.44. The number of hydrogen-bond acceptors (Lipinski definition) is 6. The molecule has 4 rings (SSSR count). The average Bonchev–Trinajstić information content (AvgIpc) is 3.27. The highest BCUT2D eigenvalue weighted by molar-refractivity contribution is 6.74. The Bertz CT molecular complexity index is 1180. The van der Waals surface area contributed by atoms with Gasteiger partial charge in [0, 0.05) is 36.5 Å². The van der Waals surface area contributed by atoms with E-state index in [0.717, 1.165) is 62.4 Å². The van der Waals surface area contributed by atoms with Crippen molar-refractivity contribution in [1.29, 1.82) is 0 Å². The van der Waals surface area contributed by atoms with Gasteiger partial charge in [0.2, 0.25) is 5.95 Å². The Hall–Kier alpha value is -2.14. The summed E-state index contributed by atoms with van der Waals surface area (Å²) in [4.78, 5) is 21.4. The first-order valence-corrected chi connectivity index (χ1v) is 18.1. The van der Waals surface area contributed by atoms with Crippen molar-refractivity contribution in [2.24, 2.45) is 5.92 Å². The standard InChI is InChI=1S/C30H47F3N4O3Si/c1-7-39-27(38)21-10-8-20(9-11-21)25-19-37(22-12-14-23(15-13-22)40-41(5,6)29(2,3)4)26-24(25)18-35-28(36-26)34-17-16-30(31,32)33/h18-23H,7-17H2,1-6H3,(H,34,35,36). The highest BCUT2D eigenvalue weighted by Crippen LogP contribution is 2.43.